The maximum Gasteiger partial charge on any atom is 0.272 e. The molecule has 1 amide bonds. The lowest BCUT2D eigenvalue weighted by Gasteiger charge is -2.26. The third kappa shape index (κ3) is 3.45. The number of anilines is 1. The van der Waals surface area contributed by atoms with Crippen LogP contribution in [-0.2, 0) is 6.42 Å². The molecule has 6 heteroatoms. The number of rotatable bonds is 4. The van der Waals surface area contributed by atoms with Gasteiger partial charge in [0.1, 0.15) is 11.4 Å². The van der Waals surface area contributed by atoms with Crippen LogP contribution in [-0.4, -0.2) is 22.8 Å². The van der Waals surface area contributed by atoms with Crippen LogP contribution in [0.5, 0.6) is 5.75 Å². The van der Waals surface area contributed by atoms with Gasteiger partial charge in [0, 0.05) is 11.9 Å². The predicted molar refractivity (Wildman–Crippen MR) is 109 cm³/mol. The number of nitrogens with zero attached hydrogens (tertiary/aromatic N) is 2. The van der Waals surface area contributed by atoms with Gasteiger partial charge in [0.2, 0.25) is 0 Å². The molecule has 144 valence electrons. The minimum absolute atomic E-state index is 0.0181. The van der Waals surface area contributed by atoms with Gasteiger partial charge in [-0.2, -0.15) is 5.10 Å². The Bertz CT molecular complexity index is 1030. The first-order valence-electron chi connectivity index (χ1n) is 9.45. The third-order valence-electron chi connectivity index (χ3n) is 5.19. The third-order valence-corrected chi connectivity index (χ3v) is 5.19. The standard InChI is InChI=1S/C22H24N4O2/c1-14-6-9-21(28-2)20(12-14)26-11-10-19(25-26)22(27)24-18-5-3-4-15-13-16(23)7-8-17(15)18/h6-13,18H,3-5,23H2,1-2H3,(H,24,27). The Morgan fingerprint density at radius 1 is 1.25 bits per heavy atom. The summed E-state index contributed by atoms with van der Waals surface area (Å²) in [4.78, 5) is 12.8. The number of hydrogen-bond acceptors (Lipinski definition) is 4. The summed E-state index contributed by atoms with van der Waals surface area (Å²) in [5, 5.41) is 7.60. The van der Waals surface area contributed by atoms with E-state index in [1.165, 1.54) is 5.56 Å². The van der Waals surface area contributed by atoms with Crippen LogP contribution in [0.25, 0.3) is 5.69 Å². The van der Waals surface area contributed by atoms with E-state index in [1.807, 2.05) is 43.3 Å². The normalized spacial score (nSPS) is 15.7. The molecule has 0 bridgehead atoms. The van der Waals surface area contributed by atoms with E-state index in [-0.39, 0.29) is 11.9 Å². The molecule has 1 unspecified atom stereocenters. The summed E-state index contributed by atoms with van der Waals surface area (Å²) in [6.07, 6.45) is 4.71. The van der Waals surface area contributed by atoms with E-state index in [0.717, 1.165) is 41.8 Å². The first-order valence-corrected chi connectivity index (χ1v) is 9.45. The lowest BCUT2D eigenvalue weighted by molar-refractivity contribution is 0.0927. The largest absolute Gasteiger partial charge is 0.494 e. The highest BCUT2D eigenvalue weighted by Crippen LogP contribution is 2.31. The minimum atomic E-state index is -0.181. The highest BCUT2D eigenvalue weighted by Gasteiger charge is 2.23. The summed E-state index contributed by atoms with van der Waals surface area (Å²) in [5.74, 6) is 0.527. The van der Waals surface area contributed by atoms with Crippen LogP contribution in [0.15, 0.2) is 48.7 Å². The molecular formula is C22H24N4O2. The maximum absolute atomic E-state index is 12.8. The fraction of sp³-hybridized carbons (Fsp3) is 0.273. The number of fused-ring (bicyclic) bond motifs is 1. The second-order valence-electron chi connectivity index (χ2n) is 7.20. The molecule has 1 aliphatic rings. The van der Waals surface area contributed by atoms with Gasteiger partial charge in [0.15, 0.2) is 5.69 Å². The first kappa shape index (κ1) is 18.1. The number of nitrogens with two attached hydrogens (primary N) is 1. The molecule has 1 aromatic heterocycles. The predicted octanol–water partition coefficient (Wildman–Crippen LogP) is 3.58. The van der Waals surface area contributed by atoms with E-state index in [1.54, 1.807) is 24.1 Å². The zero-order valence-corrected chi connectivity index (χ0v) is 16.1. The van der Waals surface area contributed by atoms with Crippen molar-refractivity contribution >= 4 is 11.6 Å². The molecule has 0 saturated heterocycles. The average Bonchev–Trinajstić information content (AvgIpc) is 3.18. The zero-order valence-electron chi connectivity index (χ0n) is 16.1. The lowest BCUT2D eigenvalue weighted by Crippen LogP contribution is -2.31. The quantitative estimate of drug-likeness (QED) is 0.682. The van der Waals surface area contributed by atoms with Crippen molar-refractivity contribution in [3.05, 3.63) is 71.0 Å². The molecule has 3 N–H and O–H groups in total. The molecule has 28 heavy (non-hydrogen) atoms. The summed E-state index contributed by atoms with van der Waals surface area (Å²) < 4.78 is 7.10. The van der Waals surface area contributed by atoms with Gasteiger partial charge < -0.3 is 15.8 Å². The van der Waals surface area contributed by atoms with Crippen LogP contribution < -0.4 is 15.8 Å². The molecule has 2 aromatic carbocycles. The Balaban J connectivity index is 1.56. The summed E-state index contributed by atoms with van der Waals surface area (Å²) in [6.45, 7) is 2.01. The lowest BCUT2D eigenvalue weighted by atomic mass is 9.87. The van der Waals surface area contributed by atoms with Crippen molar-refractivity contribution in [3.63, 3.8) is 0 Å². The molecule has 1 aliphatic carbocycles. The van der Waals surface area contributed by atoms with Crippen LogP contribution in [0.3, 0.4) is 0 Å². The number of amides is 1. The monoisotopic (exact) mass is 376 g/mol. The Morgan fingerprint density at radius 2 is 2.11 bits per heavy atom. The number of nitrogens with one attached hydrogen (secondary N) is 1. The van der Waals surface area contributed by atoms with Gasteiger partial charge in [0.25, 0.3) is 5.91 Å². The molecule has 4 rings (SSSR count). The van der Waals surface area contributed by atoms with Crippen LogP contribution in [0.2, 0.25) is 0 Å². The fourth-order valence-corrected chi connectivity index (χ4v) is 3.77. The number of hydrogen-bond donors (Lipinski definition) is 2. The SMILES string of the molecule is COc1ccc(C)cc1-n1ccc(C(=O)NC2CCCc3cc(N)ccc32)n1. The van der Waals surface area contributed by atoms with Crippen molar-refractivity contribution in [1.82, 2.24) is 15.1 Å². The first-order chi connectivity index (χ1) is 13.5. The molecule has 6 nitrogen and oxygen atoms in total. The molecule has 0 aliphatic heterocycles. The van der Waals surface area contributed by atoms with Gasteiger partial charge in [-0.1, -0.05) is 12.1 Å². The molecule has 3 aromatic rings. The molecule has 0 radical (unpaired) electrons. The van der Waals surface area contributed by atoms with Gasteiger partial charge in [-0.3, -0.25) is 4.79 Å². The van der Waals surface area contributed by atoms with Gasteiger partial charge in [0.05, 0.1) is 13.2 Å². The Hall–Kier alpha value is -3.28. The van der Waals surface area contributed by atoms with Crippen molar-refractivity contribution in [3.8, 4) is 11.4 Å². The molecular weight excluding hydrogens is 352 g/mol. The zero-order chi connectivity index (χ0) is 19.7. The van der Waals surface area contributed by atoms with Crippen LogP contribution in [0.4, 0.5) is 5.69 Å². The number of benzene rings is 2. The number of aromatic nitrogens is 2. The summed E-state index contributed by atoms with van der Waals surface area (Å²) >= 11 is 0. The Kier molecular flexibility index (Phi) is 4.77. The van der Waals surface area contributed by atoms with Gasteiger partial charge in [-0.25, -0.2) is 4.68 Å². The molecule has 0 fully saturated rings. The maximum atomic E-state index is 12.8. The van der Waals surface area contributed by atoms with E-state index in [4.69, 9.17) is 10.5 Å². The molecule has 0 saturated carbocycles. The van der Waals surface area contributed by atoms with Gasteiger partial charge in [-0.15, -0.1) is 0 Å². The molecule has 1 atom stereocenters. The van der Waals surface area contributed by atoms with Crippen molar-refractivity contribution in [2.24, 2.45) is 0 Å². The number of ether oxygens (including phenoxy) is 1. The van der Waals surface area contributed by atoms with Crippen molar-refractivity contribution in [2.75, 3.05) is 12.8 Å². The second-order valence-corrected chi connectivity index (χ2v) is 7.20. The summed E-state index contributed by atoms with van der Waals surface area (Å²) in [7, 11) is 1.62. The van der Waals surface area contributed by atoms with Gasteiger partial charge >= 0.3 is 0 Å². The summed E-state index contributed by atoms with van der Waals surface area (Å²) in [5.41, 5.74) is 11.3. The van der Waals surface area contributed by atoms with E-state index in [2.05, 4.69) is 10.4 Å². The minimum Gasteiger partial charge on any atom is -0.494 e. The van der Waals surface area contributed by atoms with E-state index in [9.17, 15) is 4.79 Å². The van der Waals surface area contributed by atoms with Crippen LogP contribution in [0, 0.1) is 6.92 Å². The average molecular weight is 376 g/mol. The Morgan fingerprint density at radius 3 is 2.93 bits per heavy atom. The number of methoxy groups -OCH3 is 1. The highest BCUT2D eigenvalue weighted by atomic mass is 16.5. The fourth-order valence-electron chi connectivity index (χ4n) is 3.77. The number of aryl methyl sites for hydroxylation is 2. The number of carbonyl (C=O) groups is 1. The van der Waals surface area contributed by atoms with Crippen molar-refractivity contribution < 1.29 is 9.53 Å². The highest BCUT2D eigenvalue weighted by molar-refractivity contribution is 5.92. The second kappa shape index (κ2) is 7.38. The molecule has 0 spiro atoms. The topological polar surface area (TPSA) is 82.2 Å². The Labute approximate surface area is 164 Å². The van der Waals surface area contributed by atoms with E-state index >= 15 is 0 Å². The van der Waals surface area contributed by atoms with Crippen LogP contribution in [0.1, 0.15) is 46.1 Å². The van der Waals surface area contributed by atoms with Gasteiger partial charge in [-0.05, 0) is 73.2 Å². The number of nitrogen functional groups attached to an aromatic ring is 1. The molecule has 1 heterocycles. The van der Waals surface area contributed by atoms with Crippen molar-refractivity contribution in [2.45, 2.75) is 32.2 Å². The summed E-state index contributed by atoms with van der Waals surface area (Å²) in [6, 6.07) is 13.5. The van der Waals surface area contributed by atoms with Crippen LogP contribution >= 0.6 is 0 Å². The van der Waals surface area contributed by atoms with E-state index < -0.39 is 0 Å². The van der Waals surface area contributed by atoms with E-state index in [0.29, 0.717) is 11.4 Å². The number of carbonyl (C=O) groups excluding carboxylic acids is 1. The van der Waals surface area contributed by atoms with Crippen molar-refractivity contribution in [1.29, 1.82) is 0 Å². The smallest absolute Gasteiger partial charge is 0.272 e.